The van der Waals surface area contributed by atoms with Gasteiger partial charge in [-0.05, 0) is 49.7 Å². The molecule has 0 saturated carbocycles. The van der Waals surface area contributed by atoms with E-state index in [2.05, 4.69) is 0 Å². The summed E-state index contributed by atoms with van der Waals surface area (Å²) in [6, 6.07) is 14.0. The lowest BCUT2D eigenvalue weighted by molar-refractivity contribution is -0.132. The minimum Gasteiger partial charge on any atom is -0.507 e. The van der Waals surface area contributed by atoms with Gasteiger partial charge in [-0.1, -0.05) is 29.8 Å². The molecule has 3 aromatic rings. The lowest BCUT2D eigenvalue weighted by atomic mass is 9.96. The zero-order chi connectivity index (χ0) is 20.7. The number of furan rings is 1. The highest BCUT2D eigenvalue weighted by Crippen LogP contribution is 2.44. The number of nitrogens with zero attached hydrogens (tertiary/aromatic N) is 1. The van der Waals surface area contributed by atoms with Gasteiger partial charge in [0, 0.05) is 5.56 Å². The molecule has 1 fully saturated rings. The highest BCUT2D eigenvalue weighted by Gasteiger charge is 2.49. The number of amides is 1. The van der Waals surface area contributed by atoms with Gasteiger partial charge in [0.15, 0.2) is 0 Å². The molecule has 0 aliphatic carbocycles. The Balaban J connectivity index is 1.98. The molecule has 6 nitrogen and oxygen atoms in total. The van der Waals surface area contributed by atoms with Crippen molar-refractivity contribution in [3.05, 3.63) is 88.9 Å². The number of phenols is 1. The first-order valence-corrected chi connectivity index (χ1v) is 9.10. The molecule has 0 spiro atoms. The Labute approximate surface area is 167 Å². The molecule has 0 bridgehead atoms. The van der Waals surface area contributed by atoms with Gasteiger partial charge in [0.2, 0.25) is 0 Å². The van der Waals surface area contributed by atoms with Crippen LogP contribution in [-0.4, -0.2) is 21.9 Å². The summed E-state index contributed by atoms with van der Waals surface area (Å²) in [6.45, 7) is 3.69. The summed E-state index contributed by atoms with van der Waals surface area (Å²) < 4.78 is 5.50. The smallest absolute Gasteiger partial charge is 0.300 e. The summed E-state index contributed by atoms with van der Waals surface area (Å²) in [5.41, 5.74) is 2.22. The van der Waals surface area contributed by atoms with Crippen LogP contribution in [0.25, 0.3) is 5.76 Å². The van der Waals surface area contributed by atoms with Crippen LogP contribution in [0, 0.1) is 13.8 Å². The summed E-state index contributed by atoms with van der Waals surface area (Å²) in [5.74, 6) is -1.81. The van der Waals surface area contributed by atoms with Gasteiger partial charge in [0.1, 0.15) is 23.3 Å². The summed E-state index contributed by atoms with van der Waals surface area (Å²) in [5, 5.41) is 21.4. The molecule has 1 aliphatic rings. The van der Waals surface area contributed by atoms with Gasteiger partial charge in [0.05, 0.1) is 17.5 Å². The third-order valence-corrected chi connectivity index (χ3v) is 5.05. The lowest BCUT2D eigenvalue weighted by Gasteiger charge is -2.24. The number of aliphatic hydroxyl groups excluding tert-OH is 1. The first-order valence-electron chi connectivity index (χ1n) is 9.10. The van der Waals surface area contributed by atoms with E-state index in [0.29, 0.717) is 11.3 Å². The summed E-state index contributed by atoms with van der Waals surface area (Å²) in [4.78, 5) is 27.1. The van der Waals surface area contributed by atoms with Crippen molar-refractivity contribution in [3.8, 4) is 5.75 Å². The Bertz CT molecular complexity index is 1140. The molecule has 146 valence electrons. The molecular weight excluding hydrogens is 370 g/mol. The van der Waals surface area contributed by atoms with Crippen LogP contribution >= 0.6 is 0 Å². The highest BCUT2D eigenvalue weighted by molar-refractivity contribution is 6.51. The molecule has 0 radical (unpaired) electrons. The number of anilines is 1. The van der Waals surface area contributed by atoms with E-state index in [9.17, 15) is 19.8 Å². The molecule has 1 aromatic heterocycles. The van der Waals surface area contributed by atoms with Gasteiger partial charge >= 0.3 is 0 Å². The second-order valence-corrected chi connectivity index (χ2v) is 6.99. The molecule has 2 heterocycles. The zero-order valence-corrected chi connectivity index (χ0v) is 15.9. The number of aromatic hydroxyl groups is 1. The molecule has 1 aliphatic heterocycles. The Morgan fingerprint density at radius 1 is 1.03 bits per heavy atom. The van der Waals surface area contributed by atoms with Gasteiger partial charge in [-0.3, -0.25) is 14.5 Å². The van der Waals surface area contributed by atoms with E-state index in [0.717, 1.165) is 16.0 Å². The maximum Gasteiger partial charge on any atom is 0.300 e. The molecule has 4 rings (SSSR count). The summed E-state index contributed by atoms with van der Waals surface area (Å²) >= 11 is 0. The fraction of sp³-hybridized carbons (Fsp3) is 0.130. The molecule has 6 heteroatoms. The predicted molar refractivity (Wildman–Crippen MR) is 108 cm³/mol. The SMILES string of the molecule is Cc1ccc(C)c(/C(O)=C2/C(=O)C(=O)N(c3ccccc3O)C2c2ccco2)c1. The van der Waals surface area contributed by atoms with Crippen LogP contribution in [0.15, 0.2) is 70.9 Å². The number of carbonyl (C=O) groups is 2. The van der Waals surface area contributed by atoms with E-state index in [4.69, 9.17) is 4.42 Å². The van der Waals surface area contributed by atoms with Crippen molar-refractivity contribution in [1.29, 1.82) is 0 Å². The number of hydrogen-bond donors (Lipinski definition) is 2. The van der Waals surface area contributed by atoms with E-state index in [1.807, 2.05) is 26.0 Å². The Kier molecular flexibility index (Phi) is 4.47. The third-order valence-electron chi connectivity index (χ3n) is 5.05. The quantitative estimate of drug-likeness (QED) is 0.397. The van der Waals surface area contributed by atoms with E-state index in [1.54, 1.807) is 30.3 Å². The van der Waals surface area contributed by atoms with Crippen LogP contribution in [0.5, 0.6) is 5.75 Å². The van der Waals surface area contributed by atoms with Crippen LogP contribution in [0.3, 0.4) is 0 Å². The average molecular weight is 389 g/mol. The standard InChI is InChI=1S/C23H19NO5/c1-13-9-10-14(2)15(12-13)21(26)19-20(18-8-5-11-29-18)24(23(28)22(19)27)16-6-3-4-7-17(16)25/h3-12,20,25-26H,1-2H3/b21-19-. The monoisotopic (exact) mass is 389 g/mol. The number of ketones is 1. The van der Waals surface area contributed by atoms with Gasteiger partial charge < -0.3 is 14.6 Å². The second-order valence-electron chi connectivity index (χ2n) is 6.99. The van der Waals surface area contributed by atoms with Crippen molar-refractivity contribution < 1.29 is 24.2 Å². The molecule has 1 saturated heterocycles. The lowest BCUT2D eigenvalue weighted by Crippen LogP contribution is -2.29. The average Bonchev–Trinajstić information content (AvgIpc) is 3.31. The number of Topliss-reactive ketones (excluding diaryl/α,β-unsaturated/α-hetero) is 1. The first kappa shape index (κ1) is 18.6. The number of hydrogen-bond acceptors (Lipinski definition) is 5. The van der Waals surface area contributed by atoms with Gasteiger partial charge in [-0.15, -0.1) is 0 Å². The van der Waals surface area contributed by atoms with E-state index in [1.165, 1.54) is 18.4 Å². The van der Waals surface area contributed by atoms with Crippen molar-refractivity contribution >= 4 is 23.1 Å². The van der Waals surface area contributed by atoms with E-state index >= 15 is 0 Å². The van der Waals surface area contributed by atoms with Gasteiger partial charge in [-0.2, -0.15) is 0 Å². The van der Waals surface area contributed by atoms with Crippen molar-refractivity contribution in [3.63, 3.8) is 0 Å². The number of aryl methyl sites for hydroxylation is 2. The highest BCUT2D eigenvalue weighted by atomic mass is 16.3. The van der Waals surface area contributed by atoms with Crippen LogP contribution in [0.2, 0.25) is 0 Å². The molecule has 2 aromatic carbocycles. The second kappa shape index (κ2) is 6.98. The van der Waals surface area contributed by atoms with Crippen molar-refractivity contribution in [2.45, 2.75) is 19.9 Å². The number of carbonyl (C=O) groups excluding carboxylic acids is 2. The Hall–Kier alpha value is -3.80. The molecule has 1 unspecified atom stereocenters. The largest absolute Gasteiger partial charge is 0.507 e. The van der Waals surface area contributed by atoms with Crippen LogP contribution in [0.4, 0.5) is 5.69 Å². The number of phenolic OH excluding ortho intramolecular Hbond substituents is 1. The molecular formula is C23H19NO5. The number of rotatable bonds is 3. The Morgan fingerprint density at radius 2 is 1.79 bits per heavy atom. The van der Waals surface area contributed by atoms with Crippen LogP contribution in [0.1, 0.15) is 28.5 Å². The number of benzene rings is 2. The Morgan fingerprint density at radius 3 is 2.48 bits per heavy atom. The van der Waals surface area contributed by atoms with Crippen molar-refractivity contribution in [2.75, 3.05) is 4.90 Å². The minimum atomic E-state index is -1.00. The first-order chi connectivity index (χ1) is 13.9. The fourth-order valence-electron chi connectivity index (χ4n) is 3.60. The molecule has 1 atom stereocenters. The van der Waals surface area contributed by atoms with E-state index in [-0.39, 0.29) is 22.8 Å². The summed E-state index contributed by atoms with van der Waals surface area (Å²) in [6.07, 6.45) is 1.43. The molecule has 2 N–H and O–H groups in total. The maximum atomic E-state index is 13.0. The predicted octanol–water partition coefficient (Wildman–Crippen LogP) is 4.23. The fourth-order valence-corrected chi connectivity index (χ4v) is 3.60. The minimum absolute atomic E-state index is 0.0816. The van der Waals surface area contributed by atoms with Crippen molar-refractivity contribution in [2.24, 2.45) is 0 Å². The normalized spacial score (nSPS) is 18.4. The summed E-state index contributed by atoms with van der Waals surface area (Å²) in [7, 11) is 0. The maximum absolute atomic E-state index is 13.0. The van der Waals surface area contributed by atoms with Crippen LogP contribution < -0.4 is 4.90 Å². The van der Waals surface area contributed by atoms with E-state index < -0.39 is 17.7 Å². The van der Waals surface area contributed by atoms with Gasteiger partial charge in [-0.25, -0.2) is 0 Å². The van der Waals surface area contributed by atoms with Crippen molar-refractivity contribution in [1.82, 2.24) is 0 Å². The molecule has 29 heavy (non-hydrogen) atoms. The number of aliphatic hydroxyl groups is 1. The van der Waals surface area contributed by atoms with Crippen LogP contribution in [-0.2, 0) is 9.59 Å². The van der Waals surface area contributed by atoms with Gasteiger partial charge in [0.25, 0.3) is 11.7 Å². The number of para-hydroxylation sites is 2. The molecule has 1 amide bonds. The topological polar surface area (TPSA) is 91.0 Å². The third kappa shape index (κ3) is 2.99. The zero-order valence-electron chi connectivity index (χ0n) is 15.9.